The Labute approximate surface area is 135 Å². The number of nitrogens with one attached hydrogen (secondary N) is 1. The standard InChI is InChI=1S/C19H30ClN/c1-3-11-21-14-17-8-5-15(4-2)12-18(17)13-16-6-9-19(20)10-7-16/h6-7,9-10,15,17-18,21H,3-5,8,11-14H2,1-2H3. The Morgan fingerprint density at radius 1 is 1.10 bits per heavy atom. The van der Waals surface area contributed by atoms with Crippen LogP contribution in [-0.4, -0.2) is 13.1 Å². The van der Waals surface area contributed by atoms with E-state index in [0.29, 0.717) is 0 Å². The lowest BCUT2D eigenvalue weighted by Crippen LogP contribution is -2.34. The van der Waals surface area contributed by atoms with E-state index in [1.165, 1.54) is 50.6 Å². The number of halogens is 1. The number of benzene rings is 1. The van der Waals surface area contributed by atoms with Gasteiger partial charge in [-0.1, -0.05) is 50.4 Å². The van der Waals surface area contributed by atoms with Gasteiger partial charge in [0, 0.05) is 5.02 Å². The van der Waals surface area contributed by atoms with E-state index in [2.05, 4.69) is 31.3 Å². The van der Waals surface area contributed by atoms with Crippen LogP contribution in [-0.2, 0) is 6.42 Å². The van der Waals surface area contributed by atoms with Crippen LogP contribution in [0.3, 0.4) is 0 Å². The van der Waals surface area contributed by atoms with Crippen LogP contribution in [0.5, 0.6) is 0 Å². The fourth-order valence-corrected chi connectivity index (χ4v) is 3.83. The van der Waals surface area contributed by atoms with Gasteiger partial charge in [0.05, 0.1) is 0 Å². The maximum absolute atomic E-state index is 6.00. The van der Waals surface area contributed by atoms with E-state index in [1.54, 1.807) is 0 Å². The van der Waals surface area contributed by atoms with Crippen LogP contribution in [0, 0.1) is 17.8 Å². The summed E-state index contributed by atoms with van der Waals surface area (Å²) in [5, 5.41) is 4.48. The smallest absolute Gasteiger partial charge is 0.0406 e. The molecule has 3 unspecified atom stereocenters. The average Bonchev–Trinajstić information content (AvgIpc) is 2.51. The first-order chi connectivity index (χ1) is 10.2. The molecule has 0 amide bonds. The molecular weight excluding hydrogens is 278 g/mol. The molecule has 1 aliphatic rings. The van der Waals surface area contributed by atoms with Crippen molar-refractivity contribution in [3.63, 3.8) is 0 Å². The van der Waals surface area contributed by atoms with Crippen molar-refractivity contribution in [2.45, 2.75) is 52.4 Å². The fraction of sp³-hybridized carbons (Fsp3) is 0.684. The molecule has 3 atom stereocenters. The van der Waals surface area contributed by atoms with Crippen molar-refractivity contribution in [3.8, 4) is 0 Å². The molecule has 1 N–H and O–H groups in total. The van der Waals surface area contributed by atoms with Gasteiger partial charge >= 0.3 is 0 Å². The molecule has 1 aromatic carbocycles. The monoisotopic (exact) mass is 307 g/mol. The van der Waals surface area contributed by atoms with Gasteiger partial charge in [-0.05, 0) is 74.2 Å². The lowest BCUT2D eigenvalue weighted by Gasteiger charge is -2.36. The van der Waals surface area contributed by atoms with E-state index >= 15 is 0 Å². The minimum absolute atomic E-state index is 0.828. The molecule has 118 valence electrons. The third kappa shape index (κ3) is 5.30. The molecule has 0 aromatic heterocycles. The average molecular weight is 308 g/mol. The van der Waals surface area contributed by atoms with E-state index in [0.717, 1.165) is 29.3 Å². The second kappa shape index (κ2) is 8.80. The zero-order valence-corrected chi connectivity index (χ0v) is 14.3. The van der Waals surface area contributed by atoms with Crippen molar-refractivity contribution in [2.24, 2.45) is 17.8 Å². The summed E-state index contributed by atoms with van der Waals surface area (Å²) < 4.78 is 0. The molecule has 1 fully saturated rings. The van der Waals surface area contributed by atoms with Crippen molar-refractivity contribution >= 4 is 11.6 Å². The molecular formula is C19H30ClN. The highest BCUT2D eigenvalue weighted by atomic mass is 35.5. The Morgan fingerprint density at radius 3 is 2.52 bits per heavy atom. The molecule has 1 saturated carbocycles. The molecule has 0 aliphatic heterocycles. The van der Waals surface area contributed by atoms with Gasteiger partial charge in [-0.15, -0.1) is 0 Å². The first-order valence-electron chi connectivity index (χ1n) is 8.68. The highest BCUT2D eigenvalue weighted by Crippen LogP contribution is 2.37. The molecule has 0 radical (unpaired) electrons. The summed E-state index contributed by atoms with van der Waals surface area (Å²) in [5.41, 5.74) is 1.45. The lowest BCUT2D eigenvalue weighted by molar-refractivity contribution is 0.171. The summed E-state index contributed by atoms with van der Waals surface area (Å²) in [6, 6.07) is 8.46. The molecule has 0 spiro atoms. The molecule has 0 heterocycles. The van der Waals surface area contributed by atoms with E-state index < -0.39 is 0 Å². The van der Waals surface area contributed by atoms with Gasteiger partial charge in [-0.3, -0.25) is 0 Å². The van der Waals surface area contributed by atoms with E-state index in [9.17, 15) is 0 Å². The predicted molar refractivity (Wildman–Crippen MR) is 92.9 cm³/mol. The van der Waals surface area contributed by atoms with Crippen LogP contribution in [0.1, 0.15) is 51.5 Å². The van der Waals surface area contributed by atoms with Gasteiger partial charge in [-0.2, -0.15) is 0 Å². The van der Waals surface area contributed by atoms with Crippen LogP contribution in [0.2, 0.25) is 5.02 Å². The van der Waals surface area contributed by atoms with Crippen LogP contribution in [0.25, 0.3) is 0 Å². The first-order valence-corrected chi connectivity index (χ1v) is 9.05. The second-order valence-corrected chi connectivity index (χ2v) is 7.08. The molecule has 1 aliphatic carbocycles. The first kappa shape index (κ1) is 16.8. The van der Waals surface area contributed by atoms with Crippen molar-refractivity contribution in [2.75, 3.05) is 13.1 Å². The van der Waals surface area contributed by atoms with Gasteiger partial charge in [0.1, 0.15) is 0 Å². The minimum atomic E-state index is 0.828. The third-order valence-electron chi connectivity index (χ3n) is 5.07. The summed E-state index contributed by atoms with van der Waals surface area (Å²) in [5.74, 6) is 2.61. The molecule has 1 nitrogen and oxygen atoms in total. The van der Waals surface area contributed by atoms with Gasteiger partial charge < -0.3 is 5.32 Å². The summed E-state index contributed by atoms with van der Waals surface area (Å²) in [6.45, 7) is 6.94. The second-order valence-electron chi connectivity index (χ2n) is 6.64. The highest BCUT2D eigenvalue weighted by molar-refractivity contribution is 6.30. The molecule has 0 bridgehead atoms. The van der Waals surface area contributed by atoms with Gasteiger partial charge in [-0.25, -0.2) is 0 Å². The predicted octanol–water partition coefficient (Wildman–Crippen LogP) is 5.32. The quantitative estimate of drug-likeness (QED) is 0.672. The van der Waals surface area contributed by atoms with Gasteiger partial charge in [0.15, 0.2) is 0 Å². The normalized spacial score (nSPS) is 26.0. The molecule has 2 rings (SSSR count). The maximum atomic E-state index is 6.00. The Hall–Kier alpha value is -0.530. The molecule has 2 heteroatoms. The Bertz CT molecular complexity index is 399. The Kier molecular flexibility index (Phi) is 7.06. The Morgan fingerprint density at radius 2 is 1.86 bits per heavy atom. The number of hydrogen-bond donors (Lipinski definition) is 1. The lowest BCUT2D eigenvalue weighted by atomic mass is 9.71. The van der Waals surface area contributed by atoms with Crippen molar-refractivity contribution < 1.29 is 0 Å². The van der Waals surface area contributed by atoms with Gasteiger partial charge in [0.2, 0.25) is 0 Å². The molecule has 1 aromatic rings. The molecule has 0 saturated heterocycles. The van der Waals surface area contributed by atoms with Crippen molar-refractivity contribution in [1.29, 1.82) is 0 Å². The van der Waals surface area contributed by atoms with E-state index in [1.807, 2.05) is 12.1 Å². The number of rotatable bonds is 7. The van der Waals surface area contributed by atoms with Gasteiger partial charge in [0.25, 0.3) is 0 Å². The minimum Gasteiger partial charge on any atom is -0.316 e. The summed E-state index contributed by atoms with van der Waals surface area (Å²) in [7, 11) is 0. The SMILES string of the molecule is CCCNCC1CCC(CC)CC1Cc1ccc(Cl)cc1. The van der Waals surface area contributed by atoms with Crippen LogP contribution >= 0.6 is 11.6 Å². The summed E-state index contributed by atoms with van der Waals surface area (Å²) in [6.07, 6.45) is 8.00. The largest absolute Gasteiger partial charge is 0.316 e. The topological polar surface area (TPSA) is 12.0 Å². The third-order valence-corrected chi connectivity index (χ3v) is 5.32. The number of hydrogen-bond acceptors (Lipinski definition) is 1. The van der Waals surface area contributed by atoms with E-state index in [4.69, 9.17) is 11.6 Å². The zero-order chi connectivity index (χ0) is 15.1. The highest BCUT2D eigenvalue weighted by Gasteiger charge is 2.29. The molecule has 21 heavy (non-hydrogen) atoms. The zero-order valence-electron chi connectivity index (χ0n) is 13.6. The summed E-state index contributed by atoms with van der Waals surface area (Å²) in [4.78, 5) is 0. The van der Waals surface area contributed by atoms with Crippen LogP contribution < -0.4 is 5.32 Å². The fourth-order valence-electron chi connectivity index (χ4n) is 3.70. The van der Waals surface area contributed by atoms with Crippen molar-refractivity contribution in [1.82, 2.24) is 5.32 Å². The maximum Gasteiger partial charge on any atom is 0.0406 e. The van der Waals surface area contributed by atoms with Crippen LogP contribution in [0.4, 0.5) is 0 Å². The van der Waals surface area contributed by atoms with Crippen molar-refractivity contribution in [3.05, 3.63) is 34.9 Å². The summed E-state index contributed by atoms with van der Waals surface area (Å²) >= 11 is 6.00. The Balaban J connectivity index is 1.96. The van der Waals surface area contributed by atoms with E-state index in [-0.39, 0.29) is 0 Å². The van der Waals surface area contributed by atoms with Crippen LogP contribution in [0.15, 0.2) is 24.3 Å².